The van der Waals surface area contributed by atoms with E-state index in [1.807, 2.05) is 72.8 Å². The number of fused-ring (bicyclic) bond motifs is 12. The van der Waals surface area contributed by atoms with Crippen LogP contribution in [0.3, 0.4) is 0 Å². The Labute approximate surface area is 283 Å². The Balaban J connectivity index is 1.28. The van der Waals surface area contributed by atoms with Crippen LogP contribution < -0.4 is 0 Å². The van der Waals surface area contributed by atoms with Crippen LogP contribution in [0.25, 0.3) is 98.9 Å². The van der Waals surface area contributed by atoms with Crippen LogP contribution in [0.1, 0.15) is 11.1 Å². The van der Waals surface area contributed by atoms with Crippen molar-refractivity contribution in [2.45, 2.75) is 0 Å². The van der Waals surface area contributed by atoms with Crippen molar-refractivity contribution >= 4 is 87.5 Å². The van der Waals surface area contributed by atoms with Crippen molar-refractivity contribution < 1.29 is 8.83 Å². The van der Waals surface area contributed by atoms with Gasteiger partial charge >= 0.3 is 0 Å². The summed E-state index contributed by atoms with van der Waals surface area (Å²) in [6.45, 7) is 0. The van der Waals surface area contributed by atoms with E-state index in [-0.39, 0.29) is 0 Å². The number of hydrogen-bond acceptors (Lipinski definition) is 4. The molecule has 0 saturated carbocycles. The fraction of sp³-hybridized carbons (Fsp3) is 0. The summed E-state index contributed by atoms with van der Waals surface area (Å²) in [6.07, 6.45) is 0. The zero-order valence-corrected chi connectivity index (χ0v) is 26.3. The van der Waals surface area contributed by atoms with Gasteiger partial charge in [-0.25, -0.2) is 0 Å². The van der Waals surface area contributed by atoms with Crippen molar-refractivity contribution in [1.82, 2.24) is 9.13 Å². The molecule has 0 unspecified atom stereocenters. The minimum absolute atomic E-state index is 0.445. The molecule has 0 spiro atoms. The number of aromatic nitrogens is 2. The summed E-state index contributed by atoms with van der Waals surface area (Å²) in [6, 6.07) is 49.6. The van der Waals surface area contributed by atoms with Crippen molar-refractivity contribution in [3.63, 3.8) is 0 Å². The van der Waals surface area contributed by atoms with E-state index in [0.717, 1.165) is 87.5 Å². The fourth-order valence-corrected chi connectivity index (χ4v) is 8.04. The number of benzene rings is 7. The Kier molecular flexibility index (Phi) is 5.16. The zero-order valence-electron chi connectivity index (χ0n) is 26.3. The average molecular weight is 639 g/mol. The molecule has 0 aliphatic rings. The second-order valence-electron chi connectivity index (χ2n) is 12.7. The first-order valence-corrected chi connectivity index (χ1v) is 16.4. The summed E-state index contributed by atoms with van der Waals surface area (Å²) < 4.78 is 16.9. The van der Waals surface area contributed by atoms with E-state index in [0.29, 0.717) is 22.5 Å². The molecule has 0 saturated heterocycles. The van der Waals surface area contributed by atoms with E-state index in [2.05, 4.69) is 81.9 Å². The lowest BCUT2D eigenvalue weighted by Crippen LogP contribution is -2.05. The van der Waals surface area contributed by atoms with Gasteiger partial charge in [0.05, 0.1) is 45.1 Å². The summed E-state index contributed by atoms with van der Waals surface area (Å²) in [5.74, 6) is 0. The molecule has 0 fully saturated rings. The first-order chi connectivity index (χ1) is 24.7. The van der Waals surface area contributed by atoms with Crippen LogP contribution in [0.4, 0.5) is 0 Å². The average Bonchev–Trinajstić information content (AvgIpc) is 3.89. The maximum Gasteiger partial charge on any atom is 0.137 e. The van der Waals surface area contributed by atoms with Gasteiger partial charge < -0.3 is 18.0 Å². The van der Waals surface area contributed by atoms with Crippen LogP contribution in [-0.2, 0) is 0 Å². The Morgan fingerprint density at radius 1 is 0.380 bits per heavy atom. The highest BCUT2D eigenvalue weighted by molar-refractivity contribution is 6.19. The molecule has 0 radical (unpaired) electrons. The highest BCUT2D eigenvalue weighted by Gasteiger charge is 2.24. The van der Waals surface area contributed by atoms with E-state index >= 15 is 0 Å². The third-order valence-electron chi connectivity index (χ3n) is 10.2. The van der Waals surface area contributed by atoms with Crippen molar-refractivity contribution in [2.24, 2.45) is 0 Å². The molecular formula is C44H22N4O2. The maximum atomic E-state index is 11.1. The van der Waals surface area contributed by atoms with Crippen LogP contribution in [0.2, 0.25) is 0 Å². The molecule has 7 aromatic carbocycles. The molecule has 4 heterocycles. The lowest BCUT2D eigenvalue weighted by molar-refractivity contribution is 0.669. The molecule has 4 aromatic heterocycles. The van der Waals surface area contributed by atoms with E-state index < -0.39 is 0 Å². The maximum absolute atomic E-state index is 11.1. The van der Waals surface area contributed by atoms with Crippen molar-refractivity contribution in [2.75, 3.05) is 0 Å². The molecule has 11 rings (SSSR count). The smallest absolute Gasteiger partial charge is 0.137 e. The van der Waals surface area contributed by atoms with Gasteiger partial charge in [-0.05, 0) is 48.5 Å². The quantitative estimate of drug-likeness (QED) is 0.189. The molecular weight excluding hydrogens is 617 g/mol. The highest BCUT2D eigenvalue weighted by Crippen LogP contribution is 2.42. The Bertz CT molecular complexity index is 3150. The lowest BCUT2D eigenvalue weighted by atomic mass is 10.1. The standard InChI is InChI=1S/C44H22N4O2/c45-23-25-17-37(47-35-13-5-1-9-26(35)30-19-32-28-11-3-7-15-41(28)49-43(32)21-39(30)47)34(24-46)38(18-25)48-36-14-6-2-10-27(36)31-20-33-29-12-4-8-16-42(29)50-44(33)22-40(31)48/h1-22H. The molecule has 6 heteroatoms. The van der Waals surface area contributed by atoms with Gasteiger partial charge in [-0.2, -0.15) is 10.5 Å². The SMILES string of the molecule is N#Cc1cc(-n2c3ccccc3c3cc4c(cc32)oc2ccccc24)c(C#N)c(-n2c3ccccc3c3cc4c(cc32)oc2ccccc24)c1. The van der Waals surface area contributed by atoms with Crippen LogP contribution in [-0.4, -0.2) is 9.13 Å². The molecule has 11 aromatic rings. The number of hydrogen-bond donors (Lipinski definition) is 0. The minimum atomic E-state index is 0.445. The predicted octanol–water partition coefficient (Wildman–Crippen LogP) is 11.4. The van der Waals surface area contributed by atoms with Crippen molar-refractivity contribution in [3.8, 4) is 23.5 Å². The van der Waals surface area contributed by atoms with Crippen LogP contribution in [0, 0.1) is 22.7 Å². The van der Waals surface area contributed by atoms with E-state index in [4.69, 9.17) is 8.83 Å². The summed E-state index contributed by atoms with van der Waals surface area (Å²) in [5, 5.41) is 29.9. The molecule has 0 bridgehead atoms. The van der Waals surface area contributed by atoms with Gasteiger partial charge in [0, 0.05) is 55.2 Å². The molecule has 0 N–H and O–H groups in total. The minimum Gasteiger partial charge on any atom is -0.456 e. The van der Waals surface area contributed by atoms with Gasteiger partial charge in [-0.1, -0.05) is 72.8 Å². The lowest BCUT2D eigenvalue weighted by Gasteiger charge is -2.16. The van der Waals surface area contributed by atoms with Crippen LogP contribution in [0.15, 0.2) is 142 Å². The summed E-state index contributed by atoms with van der Waals surface area (Å²) in [5.41, 5.74) is 8.95. The summed E-state index contributed by atoms with van der Waals surface area (Å²) in [4.78, 5) is 0. The normalized spacial score (nSPS) is 12.0. The number of nitriles is 2. The number of nitrogens with zero attached hydrogens (tertiary/aromatic N) is 4. The predicted molar refractivity (Wildman–Crippen MR) is 199 cm³/mol. The van der Waals surface area contributed by atoms with Gasteiger partial charge in [-0.3, -0.25) is 0 Å². The molecule has 0 amide bonds. The Morgan fingerprint density at radius 3 is 1.28 bits per heavy atom. The third-order valence-corrected chi connectivity index (χ3v) is 10.2. The zero-order chi connectivity index (χ0) is 33.1. The molecule has 0 aliphatic carbocycles. The van der Waals surface area contributed by atoms with E-state index in [1.54, 1.807) is 0 Å². The van der Waals surface area contributed by atoms with Gasteiger partial charge in [0.2, 0.25) is 0 Å². The fourth-order valence-electron chi connectivity index (χ4n) is 8.04. The first-order valence-electron chi connectivity index (χ1n) is 16.4. The van der Waals surface area contributed by atoms with E-state index in [9.17, 15) is 10.5 Å². The molecule has 50 heavy (non-hydrogen) atoms. The van der Waals surface area contributed by atoms with Crippen LogP contribution in [0.5, 0.6) is 0 Å². The monoisotopic (exact) mass is 638 g/mol. The second-order valence-corrected chi connectivity index (χ2v) is 12.7. The molecule has 0 atom stereocenters. The molecule has 230 valence electrons. The number of rotatable bonds is 2. The Hall–Kier alpha value is -7.28. The van der Waals surface area contributed by atoms with Gasteiger partial charge in [0.1, 0.15) is 34.0 Å². The molecule has 0 aliphatic heterocycles. The van der Waals surface area contributed by atoms with Gasteiger partial charge in [-0.15, -0.1) is 0 Å². The van der Waals surface area contributed by atoms with E-state index in [1.165, 1.54) is 0 Å². The topological polar surface area (TPSA) is 83.7 Å². The number of para-hydroxylation sites is 4. The van der Waals surface area contributed by atoms with Crippen molar-refractivity contribution in [1.29, 1.82) is 10.5 Å². The largest absolute Gasteiger partial charge is 0.456 e. The highest BCUT2D eigenvalue weighted by atomic mass is 16.3. The third kappa shape index (κ3) is 3.44. The summed E-state index contributed by atoms with van der Waals surface area (Å²) in [7, 11) is 0. The van der Waals surface area contributed by atoms with Crippen LogP contribution >= 0.6 is 0 Å². The molecule has 6 nitrogen and oxygen atoms in total. The van der Waals surface area contributed by atoms with Crippen molar-refractivity contribution in [3.05, 3.63) is 145 Å². The first kappa shape index (κ1) is 26.8. The Morgan fingerprint density at radius 2 is 0.820 bits per heavy atom. The number of furan rings is 2. The van der Waals surface area contributed by atoms with Gasteiger partial charge in [0.15, 0.2) is 0 Å². The van der Waals surface area contributed by atoms with Gasteiger partial charge in [0.25, 0.3) is 0 Å². The summed E-state index contributed by atoms with van der Waals surface area (Å²) >= 11 is 0. The second kappa shape index (κ2) is 9.64.